The van der Waals surface area contributed by atoms with Crippen LogP contribution in [-0.2, 0) is 50.2 Å². The molecule has 5 saturated carbocycles. The van der Waals surface area contributed by atoms with Crippen LogP contribution < -0.4 is 22.7 Å². The SMILES string of the molecule is COC(=O)C1CC2C3CCc4cc(O)ccc4C3CC[C@]2(C)C1=O.C[C@]12CCC3c4ccc(O)cc4CCC3C1CC1C(=O)NN=C12.C[C@]12CCC3c4ccc(O)cc4CCC3C1Cc1c2[nH][nH]c1=O.Cc1ccccc1.NN.O.[2HH]. The standard InChI is InChI=1S/C20H24O4.2C19H22N2O2.C7H8.H4N2.H2O.H2/c1-20-8-7-14-13-6-4-12(21)9-11(13)3-5-15(14)17(20)10-16(18(20)22)19(23)24-2;2*1-19-7-6-13-12-5-3-11(22)8-10(12)2-4-14(13)16(19)9-15-17(19)20-21-18(15)23;1-7-5-3-2-4-6-7;1-2;;/h4,6,9,14-17,21H,3,5,7-8,10H2,1-2H3;3,5,8,13-14,16,22H,2,4,6-7,9H2,1H3,(H2,20,21,23);3,5,8,13-16,22H,2,4,6-7,9H2,1H3,(H,21,23);2-6H,1H3;1-2H2;1H2;1H/t14?,15?,16?,17?,20-;13?,14?,16?,19-;13?,14?,15?,16?,19-;;;;/m000..../s1/i;;;;;;1+1. The first kappa shape index (κ1) is 56.7. The maximum absolute atomic E-state index is 12.9. The first-order valence-corrected chi connectivity index (χ1v) is 29.1. The average molecular weight is 1090 g/mol. The molecule has 0 radical (unpaired) electrons. The molecule has 14 atom stereocenters. The van der Waals surface area contributed by atoms with E-state index in [0.717, 1.165) is 81.9 Å². The average Bonchev–Trinajstić information content (AvgIpc) is 4.41. The number of nitrogens with zero attached hydrogens (tertiary/aromatic N) is 1. The number of aromatic nitrogens is 2. The van der Waals surface area contributed by atoms with Crippen molar-refractivity contribution in [1.29, 1.82) is 0 Å². The molecule has 5 fully saturated rings. The Morgan fingerprint density at radius 1 is 0.637 bits per heavy atom. The number of ether oxygens (including phenoxy) is 1. The lowest BCUT2D eigenvalue weighted by atomic mass is 9.55. The number of methoxy groups -OCH3 is 1. The second kappa shape index (κ2) is 22.1. The molecule has 80 heavy (non-hydrogen) atoms. The monoisotopic (exact) mass is 1090 g/mol. The van der Waals surface area contributed by atoms with Crippen molar-refractivity contribution in [1.82, 2.24) is 15.6 Å². The summed E-state index contributed by atoms with van der Waals surface area (Å²) in [6.45, 7) is 8.82. The number of fused-ring (bicyclic) bond motifs is 19. The van der Waals surface area contributed by atoms with Crippen molar-refractivity contribution in [2.45, 2.75) is 147 Å². The van der Waals surface area contributed by atoms with E-state index in [1.807, 2.05) is 48.5 Å². The number of hydrogen-bond donors (Lipinski definition) is 8. The molecule has 9 aliphatic carbocycles. The number of amides is 1. The minimum atomic E-state index is -0.579. The molecule has 1 aliphatic heterocycles. The van der Waals surface area contributed by atoms with Crippen LogP contribution in [0.25, 0.3) is 0 Å². The number of aromatic amines is 2. The summed E-state index contributed by atoms with van der Waals surface area (Å²) < 4.78 is 4.87. The van der Waals surface area contributed by atoms with Crippen molar-refractivity contribution in [3.05, 3.63) is 145 Å². The molecule has 15 heteroatoms. The van der Waals surface area contributed by atoms with Gasteiger partial charge in [-0.25, -0.2) is 5.43 Å². The van der Waals surface area contributed by atoms with Crippen LogP contribution in [0.5, 0.6) is 17.2 Å². The van der Waals surface area contributed by atoms with Crippen LogP contribution in [0, 0.1) is 65.1 Å². The highest BCUT2D eigenvalue weighted by molar-refractivity contribution is 6.12. The summed E-state index contributed by atoms with van der Waals surface area (Å²) in [6.07, 6.45) is 15.3. The molecule has 12 N–H and O–H groups in total. The number of carbonyl (C=O) groups is 3. The minimum Gasteiger partial charge on any atom is -0.508 e. The van der Waals surface area contributed by atoms with Crippen LogP contribution in [0.3, 0.4) is 0 Å². The fourth-order valence-corrected chi connectivity index (χ4v) is 18.2. The maximum Gasteiger partial charge on any atom is 0.316 e. The highest BCUT2D eigenvalue weighted by atomic mass is 16.5. The van der Waals surface area contributed by atoms with Gasteiger partial charge in [-0.1, -0.05) is 74.9 Å². The molecular weight excluding hydrogens is 1010 g/mol. The summed E-state index contributed by atoms with van der Waals surface area (Å²) in [5, 5.41) is 39.6. The van der Waals surface area contributed by atoms with Gasteiger partial charge in [0.2, 0.25) is 5.91 Å². The normalized spacial score (nSPS) is 33.6. The molecule has 15 nitrogen and oxygen atoms in total. The summed E-state index contributed by atoms with van der Waals surface area (Å²) in [5.74, 6) is 13.1. The van der Waals surface area contributed by atoms with Gasteiger partial charge >= 0.3 is 5.97 Å². The Bertz CT molecular complexity index is 3250. The maximum atomic E-state index is 12.9. The lowest BCUT2D eigenvalue weighted by molar-refractivity contribution is -0.149. The second-order valence-corrected chi connectivity index (χ2v) is 25.5. The van der Waals surface area contributed by atoms with Gasteiger partial charge in [-0.05, 0) is 226 Å². The fourth-order valence-electron chi connectivity index (χ4n) is 18.2. The summed E-state index contributed by atoms with van der Waals surface area (Å²) in [4.78, 5) is 49.1. The number of carbonyl (C=O) groups excluding carboxylic acids is 3. The Hall–Kier alpha value is -6.55. The third-order valence-electron chi connectivity index (χ3n) is 22.0. The van der Waals surface area contributed by atoms with Gasteiger partial charge in [-0.15, -0.1) is 0 Å². The number of esters is 1. The zero-order valence-electron chi connectivity index (χ0n) is 47.0. The van der Waals surface area contributed by atoms with Gasteiger partial charge in [0.15, 0.2) is 5.78 Å². The van der Waals surface area contributed by atoms with E-state index in [2.05, 4.69) is 90.4 Å². The van der Waals surface area contributed by atoms with Gasteiger partial charge in [0.25, 0.3) is 5.56 Å². The van der Waals surface area contributed by atoms with E-state index in [4.69, 9.17) is 4.74 Å². The van der Waals surface area contributed by atoms with E-state index < -0.39 is 5.92 Å². The van der Waals surface area contributed by atoms with Crippen molar-refractivity contribution in [2.24, 2.45) is 75.0 Å². The number of nitrogens with one attached hydrogen (secondary N) is 3. The molecular formula is C65H84N6O9. The van der Waals surface area contributed by atoms with Gasteiger partial charge in [-0.3, -0.25) is 36.0 Å². The first-order valence-electron chi connectivity index (χ1n) is 29.1. The molecule has 0 saturated heterocycles. The summed E-state index contributed by atoms with van der Waals surface area (Å²) in [5.41, 5.74) is 15.3. The number of phenols is 3. The number of aromatic hydroxyl groups is 3. The van der Waals surface area contributed by atoms with E-state index in [0.29, 0.717) is 71.0 Å². The lowest BCUT2D eigenvalue weighted by Crippen LogP contribution is -2.43. The number of phenolic OH excluding ortho intramolecular Hbond substituents is 3. The number of hydrazine groups is 1. The number of nitrogens with two attached hydrogens (primary N) is 2. The van der Waals surface area contributed by atoms with Crippen molar-refractivity contribution >= 4 is 23.4 Å². The van der Waals surface area contributed by atoms with Crippen molar-refractivity contribution in [3.8, 4) is 17.2 Å². The molecule has 1 aromatic heterocycles. The predicted molar refractivity (Wildman–Crippen MR) is 309 cm³/mol. The number of hydrazone groups is 1. The molecule has 2 heterocycles. The second-order valence-electron chi connectivity index (χ2n) is 25.5. The van der Waals surface area contributed by atoms with Crippen molar-refractivity contribution < 1.29 is 41.3 Å². The summed E-state index contributed by atoms with van der Waals surface area (Å²) in [7, 11) is 1.37. The van der Waals surface area contributed by atoms with Gasteiger partial charge in [-0.2, -0.15) is 5.10 Å². The molecule has 0 bridgehead atoms. The molecule has 1 amide bonds. The minimum absolute atomic E-state index is 0. The Morgan fingerprint density at radius 2 is 1.11 bits per heavy atom. The first-order chi connectivity index (χ1) is 38.0. The van der Waals surface area contributed by atoms with Crippen LogP contribution in [0.2, 0.25) is 0 Å². The zero-order valence-corrected chi connectivity index (χ0v) is 47.0. The van der Waals surface area contributed by atoms with Crippen LogP contribution in [0.1, 0.15) is 161 Å². The molecule has 11 unspecified atom stereocenters. The lowest BCUT2D eigenvalue weighted by Gasteiger charge is -2.49. The van der Waals surface area contributed by atoms with Crippen molar-refractivity contribution in [2.75, 3.05) is 7.11 Å². The Morgan fingerprint density at radius 3 is 1.60 bits per heavy atom. The van der Waals surface area contributed by atoms with Crippen molar-refractivity contribution in [3.63, 3.8) is 0 Å². The van der Waals surface area contributed by atoms with Crippen LogP contribution >= 0.6 is 0 Å². The Balaban J connectivity index is 0.000000135. The van der Waals surface area contributed by atoms with E-state index in [1.54, 1.807) is 6.07 Å². The molecule has 10 aliphatic rings. The Kier molecular flexibility index (Phi) is 15.6. The van der Waals surface area contributed by atoms with Gasteiger partial charge < -0.3 is 30.6 Å². The number of rotatable bonds is 1. The highest BCUT2D eigenvalue weighted by Gasteiger charge is 2.62. The van der Waals surface area contributed by atoms with Gasteiger partial charge in [0.05, 0.1) is 18.7 Å². The fraction of sp³-hybridized carbons (Fsp3) is 0.523. The van der Waals surface area contributed by atoms with Gasteiger partial charge in [0, 0.05) is 28.9 Å². The van der Waals surface area contributed by atoms with E-state index in [9.17, 15) is 34.5 Å². The predicted octanol–water partition coefficient (Wildman–Crippen LogP) is 9.39. The molecule has 5 aromatic rings. The van der Waals surface area contributed by atoms with Crippen LogP contribution in [0.15, 0.2) is 94.8 Å². The summed E-state index contributed by atoms with van der Waals surface area (Å²) in [6, 6.07) is 27.8. The number of hydrogen-bond acceptors (Lipinski definition) is 11. The summed E-state index contributed by atoms with van der Waals surface area (Å²) >= 11 is 0. The van der Waals surface area contributed by atoms with Crippen LogP contribution in [0.4, 0.5) is 0 Å². The van der Waals surface area contributed by atoms with E-state index >= 15 is 0 Å². The Labute approximate surface area is 470 Å². The molecule has 4 aromatic carbocycles. The highest BCUT2D eigenvalue weighted by Crippen LogP contribution is 2.64. The third-order valence-corrected chi connectivity index (χ3v) is 22.0. The quantitative estimate of drug-likeness (QED) is 0.0341. The topological polar surface area (TPSA) is 278 Å². The number of H-pyrrole nitrogens is 2. The molecule has 428 valence electrons. The van der Waals surface area contributed by atoms with E-state index in [-0.39, 0.29) is 58.2 Å². The number of Topliss-reactive ketones (excluding diaryl/α,β-unsaturated/α-hetero) is 1. The largest absolute Gasteiger partial charge is 0.508 e. The zero-order chi connectivity index (χ0) is 55.7. The number of ketones is 1. The smallest absolute Gasteiger partial charge is 0.316 e. The number of benzene rings is 4. The number of aryl methyl sites for hydroxylation is 4. The molecule has 0 spiro atoms. The van der Waals surface area contributed by atoms with Gasteiger partial charge in [0.1, 0.15) is 23.2 Å². The third kappa shape index (κ3) is 9.48. The molecule has 15 rings (SSSR count). The van der Waals surface area contributed by atoms with Crippen LogP contribution in [-0.4, -0.2) is 61.5 Å². The van der Waals surface area contributed by atoms with E-state index in [1.165, 1.54) is 71.0 Å².